The van der Waals surface area contributed by atoms with Gasteiger partial charge in [0, 0.05) is 18.7 Å². The van der Waals surface area contributed by atoms with Crippen molar-refractivity contribution >= 4 is 11.6 Å². The van der Waals surface area contributed by atoms with E-state index in [2.05, 4.69) is 5.32 Å². The van der Waals surface area contributed by atoms with Crippen LogP contribution < -0.4 is 11.1 Å². The number of anilines is 1. The van der Waals surface area contributed by atoms with Gasteiger partial charge in [0.25, 0.3) is 0 Å². The highest BCUT2D eigenvalue weighted by Crippen LogP contribution is 2.31. The van der Waals surface area contributed by atoms with Gasteiger partial charge in [-0.25, -0.2) is 0 Å². The Hall–Kier alpha value is -1.51. The predicted octanol–water partition coefficient (Wildman–Crippen LogP) is 2.12. The van der Waals surface area contributed by atoms with E-state index in [9.17, 15) is 4.79 Å². The molecule has 1 aromatic rings. The van der Waals surface area contributed by atoms with Crippen molar-refractivity contribution in [3.05, 3.63) is 29.8 Å². The van der Waals surface area contributed by atoms with Gasteiger partial charge in [-0.1, -0.05) is 31.0 Å². The van der Waals surface area contributed by atoms with Crippen LogP contribution in [0.25, 0.3) is 0 Å². The molecule has 0 bridgehead atoms. The van der Waals surface area contributed by atoms with E-state index < -0.39 is 0 Å². The lowest BCUT2D eigenvalue weighted by Gasteiger charge is -2.06. The van der Waals surface area contributed by atoms with Gasteiger partial charge in [-0.05, 0) is 30.4 Å². The largest absolute Gasteiger partial charge is 0.399 e. The van der Waals surface area contributed by atoms with Crippen molar-refractivity contribution in [2.45, 2.75) is 32.1 Å². The predicted molar refractivity (Wildman–Crippen MR) is 69.5 cm³/mol. The van der Waals surface area contributed by atoms with Crippen molar-refractivity contribution in [1.29, 1.82) is 0 Å². The minimum absolute atomic E-state index is 0.133. The first-order valence-electron chi connectivity index (χ1n) is 6.36. The number of nitrogens with one attached hydrogen (secondary N) is 1. The van der Waals surface area contributed by atoms with Crippen LogP contribution in [0.3, 0.4) is 0 Å². The van der Waals surface area contributed by atoms with E-state index >= 15 is 0 Å². The summed E-state index contributed by atoms with van der Waals surface area (Å²) in [6.45, 7) is 0.827. The Morgan fingerprint density at radius 1 is 1.35 bits per heavy atom. The Labute approximate surface area is 102 Å². The maximum atomic E-state index is 11.6. The molecule has 3 nitrogen and oxygen atoms in total. The third-order valence-corrected chi connectivity index (χ3v) is 3.25. The van der Waals surface area contributed by atoms with Crippen LogP contribution in [0.2, 0.25) is 0 Å². The molecule has 1 fully saturated rings. The second-order valence-corrected chi connectivity index (χ2v) is 4.78. The van der Waals surface area contributed by atoms with E-state index in [1.807, 2.05) is 24.3 Å². The van der Waals surface area contributed by atoms with Crippen molar-refractivity contribution in [2.75, 3.05) is 12.3 Å². The lowest BCUT2D eigenvalue weighted by Crippen LogP contribution is -2.25. The van der Waals surface area contributed by atoms with E-state index in [0.717, 1.165) is 36.6 Å². The van der Waals surface area contributed by atoms with Crippen molar-refractivity contribution in [2.24, 2.45) is 5.92 Å². The molecule has 1 amide bonds. The molecule has 1 aliphatic carbocycles. The fourth-order valence-electron chi connectivity index (χ4n) is 1.92. The van der Waals surface area contributed by atoms with E-state index in [1.54, 1.807) is 0 Å². The first-order chi connectivity index (χ1) is 8.25. The summed E-state index contributed by atoms with van der Waals surface area (Å²) < 4.78 is 0. The standard InChI is InChI=1S/C14H20N2O/c15-13-4-2-1-3-12(13)7-8-14(17)16-10-9-11-5-6-11/h1-4,11H,5-10,15H2,(H,16,17). The van der Waals surface area contributed by atoms with Crippen molar-refractivity contribution in [3.8, 4) is 0 Å². The average Bonchev–Trinajstić information content (AvgIpc) is 3.12. The first-order valence-corrected chi connectivity index (χ1v) is 6.36. The smallest absolute Gasteiger partial charge is 0.220 e. The van der Waals surface area contributed by atoms with Gasteiger partial charge in [0.15, 0.2) is 0 Å². The molecule has 0 heterocycles. The van der Waals surface area contributed by atoms with Gasteiger partial charge in [0.05, 0.1) is 0 Å². The number of benzene rings is 1. The van der Waals surface area contributed by atoms with Gasteiger partial charge in [0.2, 0.25) is 5.91 Å². The maximum absolute atomic E-state index is 11.6. The van der Waals surface area contributed by atoms with E-state index in [1.165, 1.54) is 12.8 Å². The van der Waals surface area contributed by atoms with Gasteiger partial charge in [0.1, 0.15) is 0 Å². The van der Waals surface area contributed by atoms with Gasteiger partial charge in [-0.15, -0.1) is 0 Å². The van der Waals surface area contributed by atoms with Crippen LogP contribution >= 0.6 is 0 Å². The highest BCUT2D eigenvalue weighted by molar-refractivity contribution is 5.76. The third kappa shape index (κ3) is 4.10. The highest BCUT2D eigenvalue weighted by atomic mass is 16.1. The first kappa shape index (κ1) is 12.0. The normalized spacial score (nSPS) is 14.6. The lowest BCUT2D eigenvalue weighted by molar-refractivity contribution is -0.121. The minimum atomic E-state index is 0.133. The molecule has 3 N–H and O–H groups in total. The monoisotopic (exact) mass is 232 g/mol. The van der Waals surface area contributed by atoms with Gasteiger partial charge >= 0.3 is 0 Å². The summed E-state index contributed by atoms with van der Waals surface area (Å²) >= 11 is 0. The number of nitrogens with two attached hydrogens (primary N) is 1. The Kier molecular flexibility index (Phi) is 4.02. The second kappa shape index (κ2) is 5.71. The van der Waals surface area contributed by atoms with E-state index in [-0.39, 0.29) is 5.91 Å². The Balaban J connectivity index is 1.66. The van der Waals surface area contributed by atoms with Crippen molar-refractivity contribution in [3.63, 3.8) is 0 Å². The molecule has 0 unspecified atom stereocenters. The summed E-state index contributed by atoms with van der Waals surface area (Å²) in [5.41, 5.74) is 7.66. The van der Waals surface area contributed by atoms with Crippen LogP contribution in [0.15, 0.2) is 24.3 Å². The minimum Gasteiger partial charge on any atom is -0.399 e. The topological polar surface area (TPSA) is 55.1 Å². The van der Waals surface area contributed by atoms with Crippen LogP contribution in [0.5, 0.6) is 0 Å². The molecule has 1 saturated carbocycles. The fraction of sp³-hybridized carbons (Fsp3) is 0.500. The lowest BCUT2D eigenvalue weighted by atomic mass is 10.1. The Bertz CT molecular complexity index is 386. The van der Waals surface area contributed by atoms with Crippen LogP contribution in [-0.4, -0.2) is 12.5 Å². The molecule has 1 aliphatic rings. The number of rotatable bonds is 6. The fourth-order valence-corrected chi connectivity index (χ4v) is 1.92. The second-order valence-electron chi connectivity index (χ2n) is 4.78. The molecule has 0 aliphatic heterocycles. The molecule has 0 spiro atoms. The summed E-state index contributed by atoms with van der Waals surface area (Å²) in [6, 6.07) is 7.72. The van der Waals surface area contributed by atoms with Crippen LogP contribution in [-0.2, 0) is 11.2 Å². The number of nitrogen functional groups attached to an aromatic ring is 1. The number of hydrogen-bond donors (Lipinski definition) is 2. The van der Waals surface area contributed by atoms with Gasteiger partial charge in [-0.2, -0.15) is 0 Å². The number of carbonyl (C=O) groups excluding carboxylic acids is 1. The highest BCUT2D eigenvalue weighted by Gasteiger charge is 2.20. The van der Waals surface area contributed by atoms with Crippen LogP contribution in [0.1, 0.15) is 31.2 Å². The summed E-state index contributed by atoms with van der Waals surface area (Å²) in [4.78, 5) is 11.6. The molecular formula is C14H20N2O. The molecule has 0 aromatic heterocycles. The Morgan fingerprint density at radius 3 is 2.82 bits per heavy atom. The van der Waals surface area contributed by atoms with Crippen LogP contribution in [0, 0.1) is 5.92 Å². The van der Waals surface area contributed by atoms with E-state index in [4.69, 9.17) is 5.73 Å². The molecule has 0 saturated heterocycles. The molecule has 17 heavy (non-hydrogen) atoms. The zero-order valence-corrected chi connectivity index (χ0v) is 10.1. The third-order valence-electron chi connectivity index (χ3n) is 3.25. The summed E-state index contributed by atoms with van der Waals surface area (Å²) in [7, 11) is 0. The van der Waals surface area contributed by atoms with Crippen LogP contribution in [0.4, 0.5) is 5.69 Å². The van der Waals surface area contributed by atoms with Gasteiger partial charge in [-0.3, -0.25) is 4.79 Å². The van der Waals surface area contributed by atoms with E-state index in [0.29, 0.717) is 6.42 Å². The number of aryl methyl sites for hydroxylation is 1. The molecule has 2 rings (SSSR count). The summed E-state index contributed by atoms with van der Waals surface area (Å²) in [5.74, 6) is 1.01. The quantitative estimate of drug-likeness (QED) is 0.738. The average molecular weight is 232 g/mol. The summed E-state index contributed by atoms with van der Waals surface area (Å²) in [5, 5.41) is 2.96. The Morgan fingerprint density at radius 2 is 2.12 bits per heavy atom. The SMILES string of the molecule is Nc1ccccc1CCC(=O)NCCC1CC1. The number of amides is 1. The van der Waals surface area contributed by atoms with Crippen molar-refractivity contribution in [1.82, 2.24) is 5.32 Å². The maximum Gasteiger partial charge on any atom is 0.220 e. The summed E-state index contributed by atoms with van der Waals surface area (Å²) in [6.07, 6.45) is 5.08. The number of hydrogen-bond acceptors (Lipinski definition) is 2. The molecule has 92 valence electrons. The van der Waals surface area contributed by atoms with Crippen molar-refractivity contribution < 1.29 is 4.79 Å². The number of para-hydroxylation sites is 1. The van der Waals surface area contributed by atoms with Gasteiger partial charge < -0.3 is 11.1 Å². The zero-order valence-electron chi connectivity index (χ0n) is 10.1. The number of carbonyl (C=O) groups is 1. The zero-order chi connectivity index (χ0) is 12.1. The molecule has 3 heteroatoms. The molecular weight excluding hydrogens is 212 g/mol. The molecule has 0 radical (unpaired) electrons. The molecule has 1 aromatic carbocycles. The molecule has 0 atom stereocenters.